The van der Waals surface area contributed by atoms with Crippen LogP contribution in [0.15, 0.2) is 67.0 Å². The highest BCUT2D eigenvalue weighted by atomic mass is 19.4. The van der Waals surface area contributed by atoms with Gasteiger partial charge in [-0.05, 0) is 68.9 Å². The summed E-state index contributed by atoms with van der Waals surface area (Å²) in [5.74, 6) is 1.31. The lowest BCUT2D eigenvalue weighted by Crippen LogP contribution is -2.42. The molecule has 7 rings (SSSR count). The SMILES string of the molecule is O=C(Nc1cc(C(F)(F)F)ccn1)N1CCCN(C(=O)C2CCOCC2)CC1.O=C(Nc1ccc(Oc2ccccc2)nc1)N1CCCN(C(=O)C2CCOCC2)CC1. The Morgan fingerprint density at radius 3 is 1.69 bits per heavy atom. The van der Waals surface area contributed by atoms with Gasteiger partial charge in [0, 0.05) is 103 Å². The highest BCUT2D eigenvalue weighted by Gasteiger charge is 2.32. The molecule has 1 aromatic carbocycles. The van der Waals surface area contributed by atoms with Crippen LogP contribution in [0.2, 0.25) is 0 Å². The summed E-state index contributed by atoms with van der Waals surface area (Å²) in [4.78, 5) is 65.5. The van der Waals surface area contributed by atoms with Crippen molar-refractivity contribution in [3.8, 4) is 11.6 Å². The number of hydrogen-bond donors (Lipinski definition) is 2. The molecule has 6 amide bonds. The molecule has 59 heavy (non-hydrogen) atoms. The lowest BCUT2D eigenvalue weighted by Gasteiger charge is -2.28. The quantitative estimate of drug-likeness (QED) is 0.306. The van der Waals surface area contributed by atoms with Crippen molar-refractivity contribution >= 4 is 35.4 Å². The second kappa shape index (κ2) is 21.0. The number of nitrogens with zero attached hydrogens (tertiary/aromatic N) is 6. The van der Waals surface area contributed by atoms with E-state index >= 15 is 0 Å². The molecule has 0 unspecified atom stereocenters. The van der Waals surface area contributed by atoms with Gasteiger partial charge in [0.1, 0.15) is 11.6 Å². The Morgan fingerprint density at radius 2 is 1.17 bits per heavy atom. The number of benzene rings is 1. The summed E-state index contributed by atoms with van der Waals surface area (Å²) < 4.78 is 54.7. The van der Waals surface area contributed by atoms with Crippen molar-refractivity contribution < 1.29 is 46.6 Å². The molecule has 4 saturated heterocycles. The third kappa shape index (κ3) is 12.7. The summed E-state index contributed by atoms with van der Waals surface area (Å²) in [5, 5.41) is 5.30. The number of rotatable bonds is 6. The summed E-state index contributed by atoms with van der Waals surface area (Å²) >= 11 is 0. The van der Waals surface area contributed by atoms with Crippen molar-refractivity contribution in [1.29, 1.82) is 0 Å². The smallest absolute Gasteiger partial charge is 0.416 e. The van der Waals surface area contributed by atoms with E-state index in [4.69, 9.17) is 14.2 Å². The van der Waals surface area contributed by atoms with Crippen molar-refractivity contribution in [2.45, 2.75) is 44.7 Å². The van der Waals surface area contributed by atoms with Gasteiger partial charge in [0.15, 0.2) is 0 Å². The number of aromatic nitrogens is 2. The van der Waals surface area contributed by atoms with E-state index in [0.29, 0.717) is 115 Å². The first-order valence-corrected chi connectivity index (χ1v) is 20.1. The number of pyridine rings is 2. The molecular formula is C41H51F3N8O7. The highest BCUT2D eigenvalue weighted by Crippen LogP contribution is 2.30. The second-order valence-corrected chi connectivity index (χ2v) is 14.7. The predicted molar refractivity (Wildman–Crippen MR) is 211 cm³/mol. The number of nitrogens with one attached hydrogen (secondary N) is 2. The average Bonchev–Trinajstić information content (AvgIpc) is 3.67. The number of carbonyl (C=O) groups is 4. The fourth-order valence-electron chi connectivity index (χ4n) is 7.28. The first-order valence-electron chi connectivity index (χ1n) is 20.1. The largest absolute Gasteiger partial charge is 0.439 e. The average molecular weight is 825 g/mol. The molecule has 3 aromatic rings. The molecule has 2 aromatic heterocycles. The first-order chi connectivity index (χ1) is 28.5. The number of carbonyl (C=O) groups excluding carboxylic acids is 4. The fourth-order valence-corrected chi connectivity index (χ4v) is 7.28. The Labute approximate surface area is 341 Å². The number of para-hydroxylation sites is 1. The van der Waals surface area contributed by atoms with Gasteiger partial charge < -0.3 is 39.1 Å². The molecule has 0 radical (unpaired) electrons. The van der Waals surface area contributed by atoms with Crippen LogP contribution in [0.5, 0.6) is 11.6 Å². The molecule has 318 valence electrons. The molecule has 0 bridgehead atoms. The first kappa shape index (κ1) is 43.1. The molecule has 0 aliphatic carbocycles. The zero-order valence-electron chi connectivity index (χ0n) is 32.9. The molecular weight excluding hydrogens is 773 g/mol. The van der Waals surface area contributed by atoms with Crippen LogP contribution in [0.4, 0.5) is 34.3 Å². The van der Waals surface area contributed by atoms with Crippen LogP contribution in [0.3, 0.4) is 0 Å². The molecule has 6 heterocycles. The molecule has 0 spiro atoms. The number of amides is 6. The van der Waals surface area contributed by atoms with Crippen molar-refractivity contribution in [3.05, 3.63) is 72.6 Å². The van der Waals surface area contributed by atoms with Gasteiger partial charge >= 0.3 is 18.2 Å². The standard InChI is InChI=1S/C23H28N4O4.C18H23F3N4O3/c28-22(18-9-15-30-16-10-18)26-11-4-12-27(14-13-26)23(29)25-19-7-8-21(24-17-19)31-20-5-2-1-3-6-20;19-18(20,21)14-2-5-22-15(12-14)23-17(27)25-7-1-6-24(8-9-25)16(26)13-3-10-28-11-4-13/h1-3,5-8,17-18H,4,9-16H2,(H,25,29);2,5,12-13H,1,3-4,6-11H2,(H,22,23,27). The minimum atomic E-state index is -4.50. The zero-order valence-corrected chi connectivity index (χ0v) is 32.9. The number of urea groups is 2. The lowest BCUT2D eigenvalue weighted by molar-refractivity contribution is -0.139. The maximum absolute atomic E-state index is 12.8. The summed E-state index contributed by atoms with van der Waals surface area (Å²) in [6.45, 7) is 6.56. The van der Waals surface area contributed by atoms with Gasteiger partial charge in [-0.2, -0.15) is 13.2 Å². The van der Waals surface area contributed by atoms with E-state index in [1.807, 2.05) is 35.2 Å². The summed E-state index contributed by atoms with van der Waals surface area (Å²) in [7, 11) is 0. The predicted octanol–water partition coefficient (Wildman–Crippen LogP) is 5.96. The van der Waals surface area contributed by atoms with Crippen molar-refractivity contribution in [3.63, 3.8) is 0 Å². The molecule has 4 aliphatic heterocycles. The lowest BCUT2D eigenvalue weighted by atomic mass is 9.98. The maximum Gasteiger partial charge on any atom is 0.416 e. The van der Waals surface area contributed by atoms with Crippen LogP contribution in [-0.2, 0) is 25.2 Å². The van der Waals surface area contributed by atoms with Gasteiger partial charge in [0.2, 0.25) is 17.7 Å². The number of halogens is 3. The van der Waals surface area contributed by atoms with Gasteiger partial charge in [0.05, 0.1) is 17.4 Å². The van der Waals surface area contributed by atoms with E-state index in [9.17, 15) is 32.3 Å². The Kier molecular flexibility index (Phi) is 15.3. The van der Waals surface area contributed by atoms with Gasteiger partial charge in [-0.15, -0.1) is 0 Å². The molecule has 0 saturated carbocycles. The topological polar surface area (TPSA) is 159 Å². The molecule has 15 nitrogen and oxygen atoms in total. The number of ether oxygens (including phenoxy) is 3. The fraction of sp³-hybridized carbons (Fsp3) is 0.512. The van der Waals surface area contributed by atoms with Gasteiger partial charge in [-0.25, -0.2) is 19.6 Å². The molecule has 4 aliphatic rings. The third-order valence-electron chi connectivity index (χ3n) is 10.6. The van der Waals surface area contributed by atoms with Crippen LogP contribution in [0.1, 0.15) is 44.1 Å². The molecule has 4 fully saturated rings. The van der Waals surface area contributed by atoms with Crippen LogP contribution in [0.25, 0.3) is 0 Å². The Morgan fingerprint density at radius 1 is 0.644 bits per heavy atom. The van der Waals surface area contributed by atoms with E-state index < -0.39 is 17.8 Å². The number of anilines is 2. The Hall–Kier alpha value is -5.49. The molecule has 18 heteroatoms. The van der Waals surface area contributed by atoms with E-state index in [1.165, 1.54) is 4.90 Å². The van der Waals surface area contributed by atoms with Crippen molar-refractivity contribution in [2.24, 2.45) is 11.8 Å². The van der Waals surface area contributed by atoms with E-state index in [1.54, 1.807) is 28.1 Å². The molecule has 0 atom stereocenters. The zero-order chi connectivity index (χ0) is 41.6. The van der Waals surface area contributed by atoms with Gasteiger partial charge in [-0.1, -0.05) is 18.2 Å². The number of hydrogen-bond acceptors (Lipinski definition) is 9. The van der Waals surface area contributed by atoms with E-state index in [-0.39, 0.29) is 35.5 Å². The van der Waals surface area contributed by atoms with Crippen LogP contribution in [-0.4, -0.2) is 132 Å². The Balaban J connectivity index is 0.000000199. The van der Waals surface area contributed by atoms with E-state index in [2.05, 4.69) is 20.6 Å². The van der Waals surface area contributed by atoms with Crippen molar-refractivity contribution in [1.82, 2.24) is 29.6 Å². The highest BCUT2D eigenvalue weighted by molar-refractivity contribution is 5.89. The maximum atomic E-state index is 12.8. The summed E-state index contributed by atoms with van der Waals surface area (Å²) in [6.07, 6.45) is 2.46. The second-order valence-electron chi connectivity index (χ2n) is 14.7. The molecule has 2 N–H and O–H groups in total. The number of alkyl halides is 3. The third-order valence-corrected chi connectivity index (χ3v) is 10.6. The van der Waals surface area contributed by atoms with Crippen LogP contribution >= 0.6 is 0 Å². The minimum Gasteiger partial charge on any atom is -0.439 e. The van der Waals surface area contributed by atoms with Gasteiger partial charge in [-0.3, -0.25) is 14.9 Å². The summed E-state index contributed by atoms with van der Waals surface area (Å²) in [6, 6.07) is 13.8. The normalized spacial score (nSPS) is 18.4. The van der Waals surface area contributed by atoms with Gasteiger partial charge in [0.25, 0.3) is 0 Å². The van der Waals surface area contributed by atoms with Crippen LogP contribution < -0.4 is 15.4 Å². The van der Waals surface area contributed by atoms with E-state index in [0.717, 1.165) is 37.6 Å². The van der Waals surface area contributed by atoms with Crippen LogP contribution in [0, 0.1) is 11.8 Å². The monoisotopic (exact) mass is 824 g/mol. The minimum absolute atomic E-state index is 0.0385. The summed E-state index contributed by atoms with van der Waals surface area (Å²) in [5.41, 5.74) is -0.272. The van der Waals surface area contributed by atoms with Crippen molar-refractivity contribution in [2.75, 3.05) is 89.4 Å². The Bertz CT molecular complexity index is 1840.